The molecule has 0 aliphatic heterocycles. The summed E-state index contributed by atoms with van der Waals surface area (Å²) in [5.74, 6) is 0.839. The van der Waals surface area contributed by atoms with Crippen molar-refractivity contribution >= 4 is 23.3 Å². The van der Waals surface area contributed by atoms with Gasteiger partial charge in [-0.25, -0.2) is 4.79 Å². The highest BCUT2D eigenvalue weighted by Crippen LogP contribution is 2.40. The first-order valence-corrected chi connectivity index (χ1v) is 18.7. The van der Waals surface area contributed by atoms with Crippen molar-refractivity contribution < 1.29 is 9.53 Å². The smallest absolute Gasteiger partial charge is 0.343 e. The zero-order valence-corrected chi connectivity index (χ0v) is 22.7. The number of carbonyl (C=O) groups excluding carboxylic acids is 1. The van der Waals surface area contributed by atoms with Crippen molar-refractivity contribution in [2.24, 2.45) is 0 Å². The molecule has 0 spiro atoms. The van der Waals surface area contributed by atoms with Crippen LogP contribution < -0.4 is 4.74 Å². The predicted octanol–water partition coefficient (Wildman–Crippen LogP) is 6.43. The Balaban J connectivity index is 1.33. The highest BCUT2D eigenvalue weighted by molar-refractivity contribution is 7.12. The van der Waals surface area contributed by atoms with Crippen molar-refractivity contribution in [3.05, 3.63) is 89.5 Å². The van der Waals surface area contributed by atoms with Gasteiger partial charge in [-0.3, -0.25) is 0 Å². The quantitative estimate of drug-likeness (QED) is 0.221. The summed E-state index contributed by atoms with van der Waals surface area (Å²) in [6.07, 6.45) is 5.44. The number of nitriles is 1. The second-order valence-electron chi connectivity index (χ2n) is 9.41. The van der Waals surface area contributed by atoms with E-state index in [1.807, 2.05) is 48.5 Å². The number of hydrogen-bond donors (Lipinski definition) is 0. The van der Waals surface area contributed by atoms with Crippen molar-refractivity contribution in [1.82, 2.24) is 0 Å². The molecule has 0 saturated heterocycles. The number of nitrogens with zero attached hydrogens (tertiary/aromatic N) is 1. The number of rotatable bonds is 7. The lowest BCUT2D eigenvalue weighted by Crippen LogP contribution is -2.28. The van der Waals surface area contributed by atoms with Crippen LogP contribution in [0.2, 0.25) is 18.1 Å². The van der Waals surface area contributed by atoms with Gasteiger partial charge in [-0.1, -0.05) is 74.3 Å². The highest BCUT2D eigenvalue weighted by Gasteiger charge is 2.27. The lowest BCUT2D eigenvalue weighted by atomic mass is 9.83. The van der Waals surface area contributed by atoms with Gasteiger partial charge in [0.05, 0.1) is 17.2 Å². The number of esters is 1. The molecule has 1 aliphatic carbocycles. The molecule has 4 rings (SSSR count). The van der Waals surface area contributed by atoms with Gasteiger partial charge in [-0.15, -0.1) is 0 Å². The van der Waals surface area contributed by atoms with E-state index in [2.05, 4.69) is 31.7 Å². The van der Waals surface area contributed by atoms with Gasteiger partial charge in [0, 0.05) is 17.4 Å². The summed E-state index contributed by atoms with van der Waals surface area (Å²) < 4.78 is 5.60. The van der Waals surface area contributed by atoms with Gasteiger partial charge in [0.2, 0.25) is 0 Å². The molecule has 5 heteroatoms. The Morgan fingerprint density at radius 3 is 2.06 bits per heavy atom. The summed E-state index contributed by atoms with van der Waals surface area (Å²) >= 11 is 0. The maximum absolute atomic E-state index is 12.7. The fraction of sp³-hybridized carbons (Fsp3) is 0.310. The molecule has 0 radical (unpaired) electrons. The van der Waals surface area contributed by atoms with Gasteiger partial charge < -0.3 is 4.74 Å². The van der Waals surface area contributed by atoms with Crippen molar-refractivity contribution in [3.63, 3.8) is 0 Å². The molecular formula is C29H33NO2Si2. The normalized spacial score (nSPS) is 19.0. The maximum atomic E-state index is 12.7. The Morgan fingerprint density at radius 1 is 0.941 bits per heavy atom. The van der Waals surface area contributed by atoms with Gasteiger partial charge in [0.1, 0.15) is 5.75 Å². The Kier molecular flexibility index (Phi) is 8.15. The molecule has 1 fully saturated rings. The van der Waals surface area contributed by atoms with E-state index in [-0.39, 0.29) is 15.0 Å². The van der Waals surface area contributed by atoms with Crippen molar-refractivity contribution in [3.8, 4) is 22.9 Å². The van der Waals surface area contributed by atoms with Gasteiger partial charge in [0.15, 0.2) is 0 Å². The van der Waals surface area contributed by atoms with E-state index in [0.717, 1.165) is 16.7 Å². The minimum absolute atomic E-state index is 0.222. The van der Waals surface area contributed by atoms with Gasteiger partial charge in [-0.05, 0) is 71.8 Å². The summed E-state index contributed by atoms with van der Waals surface area (Å²) in [7, 11) is -0.188. The Labute approximate surface area is 207 Å². The third-order valence-corrected chi connectivity index (χ3v) is 18.5. The zero-order valence-electron chi connectivity index (χ0n) is 20.2. The fourth-order valence-corrected chi connectivity index (χ4v) is 13.8. The number of ether oxygens (including phenoxy) is 1. The molecule has 1 atom stereocenters. The Bertz CT molecular complexity index is 1120. The van der Waals surface area contributed by atoms with Crippen molar-refractivity contribution in [2.75, 3.05) is 0 Å². The average Bonchev–Trinajstić information content (AvgIpc) is 2.90. The molecule has 1 aliphatic rings. The molecule has 0 heterocycles. The van der Waals surface area contributed by atoms with E-state index in [1.54, 1.807) is 12.1 Å². The summed E-state index contributed by atoms with van der Waals surface area (Å²) in [4.78, 5) is 12.7. The van der Waals surface area contributed by atoms with Crippen LogP contribution in [0.15, 0.2) is 72.8 Å². The van der Waals surface area contributed by atoms with Crippen LogP contribution in [0.25, 0.3) is 11.1 Å². The molecule has 3 aromatic rings. The van der Waals surface area contributed by atoms with Crippen LogP contribution in [-0.2, 0) is 0 Å². The van der Waals surface area contributed by atoms with Crippen LogP contribution in [0.4, 0.5) is 0 Å². The molecule has 0 bridgehead atoms. The Morgan fingerprint density at radius 2 is 1.53 bits per heavy atom. The van der Waals surface area contributed by atoms with E-state index >= 15 is 0 Å². The fourth-order valence-electron chi connectivity index (χ4n) is 5.39. The monoisotopic (exact) mass is 483 g/mol. The van der Waals surface area contributed by atoms with E-state index in [1.165, 1.54) is 37.3 Å². The summed E-state index contributed by atoms with van der Waals surface area (Å²) in [5, 5.41) is 8.94. The minimum atomic E-state index is -0.410. The molecular weight excluding hydrogens is 450 g/mol. The lowest BCUT2D eigenvalue weighted by Gasteiger charge is -2.32. The van der Waals surface area contributed by atoms with E-state index < -0.39 is 8.31 Å². The SMILES string of the molecule is CC[SiH]([SiH2]C)C1CCC(c2ccc(C(=O)Oc3ccc(-c4ccc(C#N)cc4)cc3)cc2)CC1. The van der Waals surface area contributed by atoms with E-state index in [9.17, 15) is 4.79 Å². The average molecular weight is 484 g/mol. The molecule has 0 aromatic heterocycles. The number of hydrogen-bond acceptors (Lipinski definition) is 3. The van der Waals surface area contributed by atoms with Crippen LogP contribution in [0.5, 0.6) is 5.75 Å². The Hall–Kier alpha value is -2.95. The second-order valence-corrected chi connectivity index (χ2v) is 19.1. The molecule has 174 valence electrons. The molecule has 3 nitrogen and oxygen atoms in total. The number of carbonyl (C=O) groups is 1. The van der Waals surface area contributed by atoms with Crippen LogP contribution in [0.3, 0.4) is 0 Å². The summed E-state index contributed by atoms with van der Waals surface area (Å²) in [6.45, 7) is 4.94. The molecule has 1 saturated carbocycles. The van der Waals surface area contributed by atoms with Crippen LogP contribution in [-0.4, -0.2) is 23.3 Å². The molecule has 0 N–H and O–H groups in total. The molecule has 3 aromatic carbocycles. The molecule has 34 heavy (non-hydrogen) atoms. The second kappa shape index (κ2) is 11.5. The van der Waals surface area contributed by atoms with E-state index in [4.69, 9.17) is 10.00 Å². The van der Waals surface area contributed by atoms with E-state index in [0.29, 0.717) is 22.8 Å². The third-order valence-electron chi connectivity index (χ3n) is 7.52. The maximum Gasteiger partial charge on any atom is 0.343 e. The summed E-state index contributed by atoms with van der Waals surface area (Å²) in [6, 6.07) is 26.6. The largest absolute Gasteiger partial charge is 0.423 e. The third kappa shape index (κ3) is 5.75. The first kappa shape index (κ1) is 24.2. The minimum Gasteiger partial charge on any atom is -0.423 e. The number of benzene rings is 3. The van der Waals surface area contributed by atoms with Crippen LogP contribution in [0.1, 0.15) is 60.0 Å². The topological polar surface area (TPSA) is 50.1 Å². The molecule has 1 unspecified atom stereocenters. The van der Waals surface area contributed by atoms with Crippen LogP contribution in [0, 0.1) is 11.3 Å². The van der Waals surface area contributed by atoms with Gasteiger partial charge in [-0.2, -0.15) is 5.26 Å². The van der Waals surface area contributed by atoms with Gasteiger partial charge in [0.25, 0.3) is 0 Å². The lowest BCUT2D eigenvalue weighted by molar-refractivity contribution is 0.0734. The summed E-state index contributed by atoms with van der Waals surface area (Å²) in [5.41, 5.74) is 5.70. The first-order valence-electron chi connectivity index (χ1n) is 12.5. The van der Waals surface area contributed by atoms with Crippen molar-refractivity contribution in [2.45, 2.75) is 56.7 Å². The first-order chi connectivity index (χ1) is 16.6. The van der Waals surface area contributed by atoms with Gasteiger partial charge >= 0.3 is 5.97 Å². The molecule has 0 amide bonds. The predicted molar refractivity (Wildman–Crippen MR) is 145 cm³/mol. The van der Waals surface area contributed by atoms with Crippen molar-refractivity contribution in [1.29, 1.82) is 5.26 Å². The standard InChI is InChI=1S/C29H33NO2Si2/c1-3-34(33-2)28-18-14-25(15-19-28)23-8-10-26(11-9-23)29(31)32-27-16-12-24(13-17-27)22-6-4-21(20-30)5-7-22/h4-13,16-17,25,28,34H,3,14-15,18-19,33H2,1-2H3. The zero-order chi connectivity index (χ0) is 23.9. The highest BCUT2D eigenvalue weighted by atomic mass is 29.2. The van der Waals surface area contributed by atoms with Crippen LogP contribution >= 0.6 is 0 Å².